The highest BCUT2D eigenvalue weighted by molar-refractivity contribution is 8.14. The third-order valence-electron chi connectivity index (χ3n) is 3.31. The van der Waals surface area contributed by atoms with Gasteiger partial charge in [-0.1, -0.05) is 18.2 Å². The highest BCUT2D eigenvalue weighted by atomic mass is 35.7. The Morgan fingerprint density at radius 3 is 2.57 bits per heavy atom. The Balaban J connectivity index is 2.34. The number of hydrogen-bond acceptors (Lipinski definition) is 4. The topological polar surface area (TPSA) is 57.5 Å². The molecule has 116 valence electrons. The van der Waals surface area contributed by atoms with Crippen molar-refractivity contribution in [3.05, 3.63) is 30.0 Å². The second kappa shape index (κ2) is 6.79. The van der Waals surface area contributed by atoms with Crippen molar-refractivity contribution in [3.63, 3.8) is 0 Å². The maximum absolute atomic E-state index is 11.8. The van der Waals surface area contributed by atoms with Crippen molar-refractivity contribution in [1.82, 2.24) is 4.57 Å². The standard InChI is InChI=1S/C14H18ClNO4S/c1-11-14(21(15,17)18)12-5-3-4-6-13(12)16(11)7-8-20-10-9-19-2/h3-6H,7-10H2,1-2H3. The molecule has 0 aliphatic carbocycles. The maximum atomic E-state index is 11.8. The Kier molecular flexibility index (Phi) is 5.27. The van der Waals surface area contributed by atoms with Crippen molar-refractivity contribution >= 4 is 30.6 Å². The lowest BCUT2D eigenvalue weighted by atomic mass is 10.2. The summed E-state index contributed by atoms with van der Waals surface area (Å²) in [5.41, 5.74) is 1.46. The smallest absolute Gasteiger partial charge is 0.263 e. The zero-order valence-corrected chi connectivity index (χ0v) is 13.6. The van der Waals surface area contributed by atoms with E-state index in [0.717, 1.165) is 5.52 Å². The number of hydrogen-bond donors (Lipinski definition) is 0. The van der Waals surface area contributed by atoms with Gasteiger partial charge in [0.05, 0.1) is 19.8 Å². The summed E-state index contributed by atoms with van der Waals surface area (Å²) in [6, 6.07) is 7.31. The molecule has 5 nitrogen and oxygen atoms in total. The Bertz CT molecular complexity index is 724. The maximum Gasteiger partial charge on any atom is 0.263 e. The number of rotatable bonds is 7. The van der Waals surface area contributed by atoms with Crippen LogP contribution in [0.3, 0.4) is 0 Å². The van der Waals surface area contributed by atoms with Crippen LogP contribution in [0.5, 0.6) is 0 Å². The molecule has 0 aliphatic heterocycles. The van der Waals surface area contributed by atoms with Gasteiger partial charge in [0.25, 0.3) is 9.05 Å². The van der Waals surface area contributed by atoms with E-state index in [2.05, 4.69) is 0 Å². The lowest BCUT2D eigenvalue weighted by Gasteiger charge is -2.09. The molecule has 2 rings (SSSR count). The number of methoxy groups -OCH3 is 1. The van der Waals surface area contributed by atoms with E-state index in [0.29, 0.717) is 37.4 Å². The predicted octanol–water partition coefficient (Wildman–Crippen LogP) is 2.54. The molecule has 0 bridgehead atoms. The Labute approximate surface area is 128 Å². The molecular formula is C14H18ClNO4S. The van der Waals surface area contributed by atoms with Crippen LogP contribution >= 0.6 is 10.7 Å². The van der Waals surface area contributed by atoms with Gasteiger partial charge in [0.2, 0.25) is 0 Å². The second-order valence-electron chi connectivity index (χ2n) is 4.63. The van der Waals surface area contributed by atoms with Crippen LogP contribution in [0.15, 0.2) is 29.2 Å². The van der Waals surface area contributed by atoms with E-state index < -0.39 is 9.05 Å². The molecule has 2 aromatic rings. The molecule has 0 radical (unpaired) electrons. The van der Waals surface area contributed by atoms with E-state index in [9.17, 15) is 8.42 Å². The lowest BCUT2D eigenvalue weighted by molar-refractivity contribution is 0.0668. The number of para-hydroxylation sites is 1. The fourth-order valence-corrected chi connectivity index (χ4v) is 3.88. The number of halogens is 1. The Morgan fingerprint density at radius 2 is 1.90 bits per heavy atom. The van der Waals surface area contributed by atoms with Gasteiger partial charge in [0, 0.05) is 40.9 Å². The zero-order chi connectivity index (χ0) is 15.5. The summed E-state index contributed by atoms with van der Waals surface area (Å²) in [6.45, 7) is 3.83. The van der Waals surface area contributed by atoms with Gasteiger partial charge in [-0.3, -0.25) is 0 Å². The van der Waals surface area contributed by atoms with E-state index in [1.807, 2.05) is 16.7 Å². The molecule has 0 saturated heterocycles. The van der Waals surface area contributed by atoms with Crippen molar-refractivity contribution in [1.29, 1.82) is 0 Å². The summed E-state index contributed by atoms with van der Waals surface area (Å²) in [7, 11) is 3.40. The quantitative estimate of drug-likeness (QED) is 0.578. The van der Waals surface area contributed by atoms with Gasteiger partial charge in [0.1, 0.15) is 4.90 Å². The van der Waals surface area contributed by atoms with Crippen LogP contribution in [0.4, 0.5) is 0 Å². The molecule has 0 saturated carbocycles. The average Bonchev–Trinajstić information content (AvgIpc) is 2.71. The summed E-state index contributed by atoms with van der Waals surface area (Å²) < 4.78 is 35.9. The van der Waals surface area contributed by atoms with Gasteiger partial charge in [-0.15, -0.1) is 0 Å². The minimum Gasteiger partial charge on any atom is -0.382 e. The van der Waals surface area contributed by atoms with Crippen molar-refractivity contribution in [3.8, 4) is 0 Å². The van der Waals surface area contributed by atoms with Crippen LogP contribution in [0.25, 0.3) is 10.9 Å². The number of benzene rings is 1. The molecule has 1 aromatic heterocycles. The highest BCUT2D eigenvalue weighted by Gasteiger charge is 2.22. The SMILES string of the molecule is COCCOCCn1c(C)c(S(=O)(=O)Cl)c2ccccc21. The fraction of sp³-hybridized carbons (Fsp3) is 0.429. The van der Waals surface area contributed by atoms with Crippen LogP contribution in [0.2, 0.25) is 0 Å². The average molecular weight is 332 g/mol. The van der Waals surface area contributed by atoms with E-state index in [1.165, 1.54) is 0 Å². The molecule has 1 aromatic carbocycles. The third-order valence-corrected chi connectivity index (χ3v) is 4.77. The molecular weight excluding hydrogens is 314 g/mol. The first kappa shape index (κ1) is 16.3. The van der Waals surface area contributed by atoms with Gasteiger partial charge in [0.15, 0.2) is 0 Å². The first-order valence-electron chi connectivity index (χ1n) is 6.56. The molecule has 7 heteroatoms. The number of fused-ring (bicyclic) bond motifs is 1. The minimum absolute atomic E-state index is 0.177. The Morgan fingerprint density at radius 1 is 1.19 bits per heavy atom. The zero-order valence-electron chi connectivity index (χ0n) is 12.0. The van der Waals surface area contributed by atoms with Crippen LogP contribution in [0, 0.1) is 6.92 Å². The first-order valence-corrected chi connectivity index (χ1v) is 8.87. The lowest BCUT2D eigenvalue weighted by Crippen LogP contribution is -2.10. The van der Waals surface area contributed by atoms with Crippen LogP contribution in [0.1, 0.15) is 5.69 Å². The second-order valence-corrected chi connectivity index (χ2v) is 7.13. The summed E-state index contributed by atoms with van der Waals surface area (Å²) in [4.78, 5) is 0.177. The molecule has 21 heavy (non-hydrogen) atoms. The summed E-state index contributed by atoms with van der Waals surface area (Å²) in [6.07, 6.45) is 0. The van der Waals surface area contributed by atoms with Crippen LogP contribution < -0.4 is 0 Å². The molecule has 0 unspecified atom stereocenters. The van der Waals surface area contributed by atoms with Gasteiger partial charge < -0.3 is 14.0 Å². The molecule has 0 atom stereocenters. The monoisotopic (exact) mass is 331 g/mol. The molecule has 0 aliphatic rings. The molecule has 0 N–H and O–H groups in total. The summed E-state index contributed by atoms with van der Waals surface area (Å²) in [5.74, 6) is 0. The van der Waals surface area contributed by atoms with Crippen molar-refractivity contribution in [2.24, 2.45) is 0 Å². The molecule has 0 fully saturated rings. The van der Waals surface area contributed by atoms with Crippen LogP contribution in [-0.4, -0.2) is 39.9 Å². The van der Waals surface area contributed by atoms with Gasteiger partial charge in [-0.25, -0.2) is 8.42 Å². The number of ether oxygens (including phenoxy) is 2. The molecule has 0 spiro atoms. The third kappa shape index (κ3) is 3.58. The normalized spacial score (nSPS) is 12.1. The predicted molar refractivity (Wildman–Crippen MR) is 82.4 cm³/mol. The highest BCUT2D eigenvalue weighted by Crippen LogP contribution is 2.31. The van der Waals surface area contributed by atoms with Gasteiger partial charge >= 0.3 is 0 Å². The molecule has 1 heterocycles. The van der Waals surface area contributed by atoms with Crippen molar-refractivity contribution in [2.45, 2.75) is 18.4 Å². The minimum atomic E-state index is -3.79. The largest absolute Gasteiger partial charge is 0.382 e. The van der Waals surface area contributed by atoms with Gasteiger partial charge in [-0.05, 0) is 13.0 Å². The van der Waals surface area contributed by atoms with Crippen LogP contribution in [-0.2, 0) is 25.1 Å². The van der Waals surface area contributed by atoms with Crippen molar-refractivity contribution in [2.75, 3.05) is 26.9 Å². The number of aromatic nitrogens is 1. The van der Waals surface area contributed by atoms with E-state index in [1.54, 1.807) is 26.2 Å². The summed E-state index contributed by atoms with van der Waals surface area (Å²) >= 11 is 0. The fourth-order valence-electron chi connectivity index (χ4n) is 2.40. The van der Waals surface area contributed by atoms with E-state index in [4.69, 9.17) is 20.2 Å². The Hall–Kier alpha value is -1.08. The van der Waals surface area contributed by atoms with Gasteiger partial charge in [-0.2, -0.15) is 0 Å². The van der Waals surface area contributed by atoms with Crippen molar-refractivity contribution < 1.29 is 17.9 Å². The van der Waals surface area contributed by atoms with E-state index in [-0.39, 0.29) is 4.90 Å². The number of nitrogens with zero attached hydrogens (tertiary/aromatic N) is 1. The first-order chi connectivity index (χ1) is 9.96. The molecule has 0 amide bonds. The summed E-state index contributed by atoms with van der Waals surface area (Å²) in [5, 5.41) is 0.641. The van der Waals surface area contributed by atoms with E-state index >= 15 is 0 Å².